The molecule has 3 rings (SSSR count). The Hall–Kier alpha value is -2.71. The molecule has 144 valence electrons. The van der Waals surface area contributed by atoms with E-state index in [1.807, 2.05) is 0 Å². The number of carbonyl (C=O) groups is 1. The fraction of sp³-hybridized carbons (Fsp3) is 0.278. The first-order valence-corrected chi connectivity index (χ1v) is 7.79. The van der Waals surface area contributed by atoms with Gasteiger partial charge in [-0.1, -0.05) is 24.3 Å². The smallest absolute Gasteiger partial charge is 0.416 e. The van der Waals surface area contributed by atoms with Gasteiger partial charge < -0.3 is 10.1 Å². The van der Waals surface area contributed by atoms with Gasteiger partial charge in [0.2, 0.25) is 0 Å². The molecule has 0 aliphatic carbocycles. The molecule has 0 aromatic heterocycles. The Morgan fingerprint density at radius 2 is 1.19 bits per heavy atom. The summed E-state index contributed by atoms with van der Waals surface area (Å²) in [4.78, 5) is 11.8. The molecule has 1 heterocycles. The number of cyclic esters (lactones) is 1. The second kappa shape index (κ2) is 6.17. The zero-order valence-electron chi connectivity index (χ0n) is 13.8. The van der Waals surface area contributed by atoms with E-state index in [-0.39, 0.29) is 11.1 Å². The highest BCUT2D eigenvalue weighted by Crippen LogP contribution is 2.42. The molecule has 0 spiro atoms. The molecule has 0 radical (unpaired) electrons. The number of amides is 1. The Labute approximate surface area is 149 Å². The number of alkyl halides is 6. The van der Waals surface area contributed by atoms with Crippen molar-refractivity contribution in [3.8, 4) is 0 Å². The monoisotopic (exact) mass is 389 g/mol. The summed E-state index contributed by atoms with van der Waals surface area (Å²) in [5.41, 5.74) is -2.91. The first-order chi connectivity index (χ1) is 12.4. The Morgan fingerprint density at radius 1 is 0.815 bits per heavy atom. The van der Waals surface area contributed by atoms with Crippen LogP contribution in [0, 0.1) is 0 Å². The molecule has 27 heavy (non-hydrogen) atoms. The lowest BCUT2D eigenvalue weighted by Crippen LogP contribution is -2.40. The first-order valence-electron chi connectivity index (χ1n) is 7.79. The standard InChI is InChI=1S/C18H13F6NO2/c1-10-16(27-15(26)25-10,11-2-6-13(7-3-11)17(19,20)21)12-4-8-14(9-5-12)18(22,23)24/h2-10H,1H3,(H,25,26). The third kappa shape index (κ3) is 3.33. The van der Waals surface area contributed by atoms with Gasteiger partial charge in [-0.3, -0.25) is 0 Å². The molecule has 1 fully saturated rings. The minimum absolute atomic E-state index is 0.209. The molecule has 2 aromatic carbocycles. The minimum Gasteiger partial charge on any atom is -0.431 e. The molecule has 2 aromatic rings. The third-order valence-electron chi connectivity index (χ3n) is 4.48. The van der Waals surface area contributed by atoms with Crippen molar-refractivity contribution < 1.29 is 35.9 Å². The van der Waals surface area contributed by atoms with Crippen molar-refractivity contribution in [2.75, 3.05) is 0 Å². The van der Waals surface area contributed by atoms with Crippen LogP contribution in [0.25, 0.3) is 0 Å². The molecule has 0 bridgehead atoms. The van der Waals surface area contributed by atoms with Gasteiger partial charge in [0.05, 0.1) is 17.2 Å². The molecule has 1 N–H and O–H groups in total. The maximum Gasteiger partial charge on any atom is 0.416 e. The van der Waals surface area contributed by atoms with Gasteiger partial charge in [0, 0.05) is 11.1 Å². The van der Waals surface area contributed by atoms with E-state index in [2.05, 4.69) is 5.32 Å². The van der Waals surface area contributed by atoms with E-state index in [0.717, 1.165) is 48.5 Å². The highest BCUT2D eigenvalue weighted by atomic mass is 19.4. The van der Waals surface area contributed by atoms with Crippen LogP contribution in [0.15, 0.2) is 48.5 Å². The molecular formula is C18H13F6NO2. The topological polar surface area (TPSA) is 38.3 Å². The summed E-state index contributed by atoms with van der Waals surface area (Å²) in [5.74, 6) is 0. The van der Waals surface area contributed by atoms with Crippen LogP contribution in [-0.2, 0) is 22.7 Å². The van der Waals surface area contributed by atoms with E-state index < -0.39 is 41.2 Å². The van der Waals surface area contributed by atoms with Gasteiger partial charge in [0.1, 0.15) is 0 Å². The highest BCUT2D eigenvalue weighted by molar-refractivity contribution is 5.73. The maximum atomic E-state index is 12.8. The molecule has 3 nitrogen and oxygen atoms in total. The summed E-state index contributed by atoms with van der Waals surface area (Å²) < 4.78 is 82.2. The second-order valence-corrected chi connectivity index (χ2v) is 6.14. The van der Waals surface area contributed by atoms with Gasteiger partial charge >= 0.3 is 18.4 Å². The normalized spacial score (nSPS) is 19.5. The average molecular weight is 389 g/mol. The Bertz CT molecular complexity index is 783. The number of benzene rings is 2. The van der Waals surface area contributed by atoms with Crippen molar-refractivity contribution in [3.05, 3.63) is 70.8 Å². The van der Waals surface area contributed by atoms with Crippen molar-refractivity contribution >= 4 is 6.09 Å². The van der Waals surface area contributed by atoms with E-state index in [4.69, 9.17) is 4.74 Å². The number of alkyl carbamates (subject to hydrolysis) is 1. The lowest BCUT2D eigenvalue weighted by molar-refractivity contribution is -0.138. The van der Waals surface area contributed by atoms with Gasteiger partial charge in [0.25, 0.3) is 0 Å². The molecule has 1 amide bonds. The number of rotatable bonds is 2. The number of hydrogen-bond acceptors (Lipinski definition) is 2. The maximum absolute atomic E-state index is 12.8. The first kappa shape index (κ1) is 19.1. The largest absolute Gasteiger partial charge is 0.431 e. The van der Waals surface area contributed by atoms with Crippen LogP contribution in [0.5, 0.6) is 0 Å². The molecule has 1 aliphatic heterocycles. The molecule has 1 saturated heterocycles. The van der Waals surface area contributed by atoms with Crippen molar-refractivity contribution in [3.63, 3.8) is 0 Å². The van der Waals surface area contributed by atoms with Crippen molar-refractivity contribution in [1.29, 1.82) is 0 Å². The molecule has 0 saturated carbocycles. The summed E-state index contributed by atoms with van der Waals surface area (Å²) in [6.07, 6.45) is -9.91. The quantitative estimate of drug-likeness (QED) is 0.726. The van der Waals surface area contributed by atoms with Crippen LogP contribution in [0.4, 0.5) is 31.1 Å². The van der Waals surface area contributed by atoms with Crippen molar-refractivity contribution in [2.24, 2.45) is 0 Å². The molecule has 1 aliphatic rings. The number of nitrogens with one attached hydrogen (secondary N) is 1. The van der Waals surface area contributed by atoms with E-state index in [1.165, 1.54) is 0 Å². The SMILES string of the molecule is CC1NC(=O)OC1(c1ccc(C(F)(F)F)cc1)c1ccc(C(F)(F)F)cc1. The second-order valence-electron chi connectivity index (χ2n) is 6.14. The highest BCUT2D eigenvalue weighted by Gasteiger charge is 2.50. The molecular weight excluding hydrogens is 376 g/mol. The fourth-order valence-electron chi connectivity index (χ4n) is 3.14. The molecule has 1 unspecified atom stereocenters. The van der Waals surface area contributed by atoms with Gasteiger partial charge in [-0.05, 0) is 31.2 Å². The zero-order valence-corrected chi connectivity index (χ0v) is 13.8. The third-order valence-corrected chi connectivity index (χ3v) is 4.48. The van der Waals surface area contributed by atoms with Gasteiger partial charge in [-0.15, -0.1) is 0 Å². The van der Waals surface area contributed by atoms with Crippen LogP contribution < -0.4 is 5.32 Å². The summed E-state index contributed by atoms with van der Waals surface area (Å²) in [5, 5.41) is 2.49. The fourth-order valence-corrected chi connectivity index (χ4v) is 3.14. The summed E-state index contributed by atoms with van der Waals surface area (Å²) >= 11 is 0. The van der Waals surface area contributed by atoms with E-state index in [1.54, 1.807) is 6.92 Å². The number of carbonyl (C=O) groups excluding carboxylic acids is 1. The Kier molecular flexibility index (Phi) is 4.36. The number of hydrogen-bond donors (Lipinski definition) is 1. The number of ether oxygens (including phenoxy) is 1. The van der Waals surface area contributed by atoms with Crippen LogP contribution >= 0.6 is 0 Å². The zero-order chi connectivity index (χ0) is 20.0. The van der Waals surface area contributed by atoms with E-state index in [9.17, 15) is 31.1 Å². The van der Waals surface area contributed by atoms with Crippen LogP contribution in [-0.4, -0.2) is 12.1 Å². The van der Waals surface area contributed by atoms with Crippen molar-refractivity contribution in [1.82, 2.24) is 5.32 Å². The summed E-state index contributed by atoms with van der Waals surface area (Å²) in [7, 11) is 0. The predicted molar refractivity (Wildman–Crippen MR) is 82.7 cm³/mol. The molecule has 9 heteroatoms. The molecule has 1 atom stereocenters. The lowest BCUT2D eigenvalue weighted by Gasteiger charge is -2.32. The summed E-state index contributed by atoms with van der Waals surface area (Å²) in [6, 6.07) is 7.21. The number of halogens is 6. The predicted octanol–water partition coefficient (Wildman–Crippen LogP) is 5.10. The van der Waals surface area contributed by atoms with Crippen LogP contribution in [0.1, 0.15) is 29.2 Å². The van der Waals surface area contributed by atoms with Gasteiger partial charge in [0.15, 0.2) is 5.60 Å². The average Bonchev–Trinajstić information content (AvgIpc) is 2.89. The minimum atomic E-state index is -4.55. The van der Waals surface area contributed by atoms with E-state index in [0.29, 0.717) is 0 Å². The van der Waals surface area contributed by atoms with Crippen LogP contribution in [0.3, 0.4) is 0 Å². The Morgan fingerprint density at radius 3 is 1.44 bits per heavy atom. The van der Waals surface area contributed by atoms with Gasteiger partial charge in [-0.25, -0.2) is 4.79 Å². The van der Waals surface area contributed by atoms with Crippen molar-refractivity contribution in [2.45, 2.75) is 30.9 Å². The lowest BCUT2D eigenvalue weighted by atomic mass is 9.80. The summed E-state index contributed by atoms with van der Waals surface area (Å²) in [6.45, 7) is 1.56. The van der Waals surface area contributed by atoms with Crippen LogP contribution in [0.2, 0.25) is 0 Å². The van der Waals surface area contributed by atoms with E-state index >= 15 is 0 Å². The Balaban J connectivity index is 2.10. The van der Waals surface area contributed by atoms with Gasteiger partial charge in [-0.2, -0.15) is 26.3 Å².